The molecular formula is C14H16N2O3. The lowest BCUT2D eigenvalue weighted by Crippen LogP contribution is -2.01. The summed E-state index contributed by atoms with van der Waals surface area (Å²) in [7, 11) is 1.82. The number of hydrogen-bond donors (Lipinski definition) is 1. The van der Waals surface area contributed by atoms with Gasteiger partial charge in [-0.05, 0) is 38.5 Å². The normalized spacial score (nSPS) is 10.5. The van der Waals surface area contributed by atoms with Crippen LogP contribution in [0, 0.1) is 20.8 Å². The lowest BCUT2D eigenvalue weighted by molar-refractivity contribution is 0.0694. The molecule has 0 amide bonds. The molecule has 19 heavy (non-hydrogen) atoms. The number of aromatic nitrogens is 2. The predicted octanol–water partition coefficient (Wildman–Crippen LogP) is 2.84. The van der Waals surface area contributed by atoms with E-state index < -0.39 is 5.97 Å². The maximum atomic E-state index is 11.2. The minimum Gasteiger partial charge on any atom is -0.478 e. The van der Waals surface area contributed by atoms with Gasteiger partial charge in [0.05, 0.1) is 5.69 Å². The summed E-state index contributed by atoms with van der Waals surface area (Å²) in [6.45, 7) is 5.60. The molecule has 0 bridgehead atoms. The summed E-state index contributed by atoms with van der Waals surface area (Å²) in [5, 5.41) is 13.4. The number of aryl methyl sites for hydroxylation is 3. The first-order chi connectivity index (χ1) is 8.90. The monoisotopic (exact) mass is 260 g/mol. The fourth-order valence-corrected chi connectivity index (χ4v) is 1.90. The van der Waals surface area contributed by atoms with E-state index in [9.17, 15) is 9.90 Å². The first-order valence-electron chi connectivity index (χ1n) is 5.92. The molecule has 0 unspecified atom stereocenters. The highest BCUT2D eigenvalue weighted by Gasteiger charge is 2.16. The van der Waals surface area contributed by atoms with Gasteiger partial charge in [-0.2, -0.15) is 5.10 Å². The Kier molecular flexibility index (Phi) is 3.29. The maximum absolute atomic E-state index is 11.2. The van der Waals surface area contributed by atoms with Gasteiger partial charge >= 0.3 is 5.97 Å². The number of hydrogen-bond acceptors (Lipinski definition) is 3. The third-order valence-corrected chi connectivity index (χ3v) is 3.02. The van der Waals surface area contributed by atoms with Crippen molar-refractivity contribution in [1.29, 1.82) is 0 Å². The van der Waals surface area contributed by atoms with E-state index in [1.165, 1.54) is 0 Å². The number of carboxylic acid groups (broad SMARTS) is 1. The number of ether oxygens (including phenoxy) is 1. The van der Waals surface area contributed by atoms with Crippen molar-refractivity contribution in [3.8, 4) is 11.5 Å². The highest BCUT2D eigenvalue weighted by Crippen LogP contribution is 2.31. The highest BCUT2D eigenvalue weighted by molar-refractivity contribution is 5.91. The zero-order chi connectivity index (χ0) is 14.2. The Bertz CT molecular complexity index is 644. The Hall–Kier alpha value is -2.30. The van der Waals surface area contributed by atoms with Gasteiger partial charge in [-0.15, -0.1) is 0 Å². The lowest BCUT2D eigenvalue weighted by Gasteiger charge is -2.10. The number of carbonyl (C=O) groups is 1. The van der Waals surface area contributed by atoms with Crippen LogP contribution in [0.4, 0.5) is 0 Å². The molecule has 0 aliphatic rings. The van der Waals surface area contributed by atoms with E-state index in [0.717, 1.165) is 17.0 Å². The van der Waals surface area contributed by atoms with Gasteiger partial charge in [-0.25, -0.2) is 4.79 Å². The van der Waals surface area contributed by atoms with Crippen molar-refractivity contribution in [2.75, 3.05) is 0 Å². The van der Waals surface area contributed by atoms with Crippen molar-refractivity contribution in [2.45, 2.75) is 20.8 Å². The molecule has 0 fully saturated rings. The molecule has 0 radical (unpaired) electrons. The molecule has 0 aliphatic heterocycles. The minimum absolute atomic E-state index is 0.147. The summed E-state index contributed by atoms with van der Waals surface area (Å²) in [5.41, 5.74) is 2.68. The summed E-state index contributed by atoms with van der Waals surface area (Å²) >= 11 is 0. The molecule has 1 aromatic carbocycles. The summed E-state index contributed by atoms with van der Waals surface area (Å²) < 4.78 is 7.48. The van der Waals surface area contributed by atoms with Crippen LogP contribution in [0.25, 0.3) is 0 Å². The van der Waals surface area contributed by atoms with Gasteiger partial charge in [0.2, 0.25) is 0 Å². The van der Waals surface area contributed by atoms with Crippen LogP contribution < -0.4 is 4.74 Å². The number of aromatic carboxylic acids is 1. The number of carboxylic acids is 1. The van der Waals surface area contributed by atoms with Gasteiger partial charge in [0.1, 0.15) is 17.0 Å². The zero-order valence-corrected chi connectivity index (χ0v) is 11.4. The van der Waals surface area contributed by atoms with Gasteiger partial charge in [0.15, 0.2) is 5.75 Å². The molecule has 5 heteroatoms. The molecule has 0 atom stereocenters. The Labute approximate surface area is 111 Å². The second-order valence-corrected chi connectivity index (χ2v) is 4.53. The van der Waals surface area contributed by atoms with Gasteiger partial charge in [-0.1, -0.05) is 6.07 Å². The summed E-state index contributed by atoms with van der Waals surface area (Å²) in [5.74, 6) is -0.0588. The van der Waals surface area contributed by atoms with Crippen LogP contribution >= 0.6 is 0 Å². The predicted molar refractivity (Wildman–Crippen MR) is 70.9 cm³/mol. The van der Waals surface area contributed by atoms with Gasteiger partial charge in [0, 0.05) is 7.05 Å². The van der Waals surface area contributed by atoms with Crippen molar-refractivity contribution in [3.63, 3.8) is 0 Å². The van der Waals surface area contributed by atoms with Gasteiger partial charge in [0.25, 0.3) is 0 Å². The number of rotatable bonds is 3. The Balaban J connectivity index is 2.48. The fourth-order valence-electron chi connectivity index (χ4n) is 1.90. The minimum atomic E-state index is -1.01. The highest BCUT2D eigenvalue weighted by atomic mass is 16.5. The zero-order valence-electron chi connectivity index (χ0n) is 11.4. The van der Waals surface area contributed by atoms with Crippen LogP contribution in [0.1, 0.15) is 27.3 Å². The molecule has 1 heterocycles. The van der Waals surface area contributed by atoms with E-state index >= 15 is 0 Å². The molecule has 0 saturated heterocycles. The van der Waals surface area contributed by atoms with E-state index in [-0.39, 0.29) is 5.56 Å². The quantitative estimate of drug-likeness (QED) is 0.921. The second-order valence-electron chi connectivity index (χ2n) is 4.53. The first kappa shape index (κ1) is 13.1. The van der Waals surface area contributed by atoms with Crippen LogP contribution in [-0.4, -0.2) is 20.9 Å². The molecular weight excluding hydrogens is 244 g/mol. The van der Waals surface area contributed by atoms with E-state index in [1.807, 2.05) is 27.8 Å². The Morgan fingerprint density at radius 2 is 2.00 bits per heavy atom. The molecule has 5 nitrogen and oxygen atoms in total. The average molecular weight is 260 g/mol. The van der Waals surface area contributed by atoms with Crippen molar-refractivity contribution in [1.82, 2.24) is 9.78 Å². The molecule has 2 aromatic rings. The maximum Gasteiger partial charge on any atom is 0.339 e. The van der Waals surface area contributed by atoms with Crippen molar-refractivity contribution < 1.29 is 14.6 Å². The molecule has 100 valence electrons. The van der Waals surface area contributed by atoms with Crippen molar-refractivity contribution in [2.24, 2.45) is 7.05 Å². The summed E-state index contributed by atoms with van der Waals surface area (Å²) in [6.07, 6.45) is 0. The second kappa shape index (κ2) is 4.76. The number of nitrogens with zero attached hydrogens (tertiary/aromatic N) is 2. The third kappa shape index (κ3) is 2.45. The topological polar surface area (TPSA) is 64.3 Å². The lowest BCUT2D eigenvalue weighted by atomic mass is 10.1. The molecule has 1 aromatic heterocycles. The molecule has 0 spiro atoms. The van der Waals surface area contributed by atoms with Gasteiger partial charge < -0.3 is 9.84 Å². The van der Waals surface area contributed by atoms with Crippen LogP contribution in [0.15, 0.2) is 18.2 Å². The van der Waals surface area contributed by atoms with Crippen molar-refractivity contribution >= 4 is 5.97 Å². The Morgan fingerprint density at radius 1 is 1.32 bits per heavy atom. The summed E-state index contributed by atoms with van der Waals surface area (Å²) in [6, 6.07) is 5.02. The van der Waals surface area contributed by atoms with Crippen LogP contribution in [-0.2, 0) is 7.05 Å². The van der Waals surface area contributed by atoms with E-state index in [4.69, 9.17) is 4.74 Å². The average Bonchev–Trinajstić information content (AvgIpc) is 2.56. The molecule has 0 aliphatic carbocycles. The standard InChI is InChI=1S/C14H16N2O3/c1-8-5-6-11(14(17)18)12(7-8)19-13-9(2)15-16(4)10(13)3/h5-7H,1-4H3,(H,17,18). The Morgan fingerprint density at radius 3 is 2.53 bits per heavy atom. The molecule has 1 N–H and O–H groups in total. The first-order valence-corrected chi connectivity index (χ1v) is 5.92. The molecule has 2 rings (SSSR count). The van der Waals surface area contributed by atoms with Crippen LogP contribution in [0.2, 0.25) is 0 Å². The van der Waals surface area contributed by atoms with E-state index in [0.29, 0.717) is 11.5 Å². The van der Waals surface area contributed by atoms with Crippen LogP contribution in [0.5, 0.6) is 11.5 Å². The van der Waals surface area contributed by atoms with Crippen LogP contribution in [0.3, 0.4) is 0 Å². The largest absolute Gasteiger partial charge is 0.478 e. The summed E-state index contributed by atoms with van der Waals surface area (Å²) in [4.78, 5) is 11.2. The smallest absolute Gasteiger partial charge is 0.339 e. The van der Waals surface area contributed by atoms with Gasteiger partial charge in [-0.3, -0.25) is 4.68 Å². The van der Waals surface area contributed by atoms with E-state index in [1.54, 1.807) is 22.9 Å². The van der Waals surface area contributed by atoms with Crippen molar-refractivity contribution in [3.05, 3.63) is 40.7 Å². The third-order valence-electron chi connectivity index (χ3n) is 3.02. The SMILES string of the molecule is Cc1ccc(C(=O)O)c(Oc2c(C)nn(C)c2C)c1. The number of benzene rings is 1. The van der Waals surface area contributed by atoms with E-state index in [2.05, 4.69) is 5.10 Å². The molecule has 0 saturated carbocycles. The fraction of sp³-hybridized carbons (Fsp3) is 0.286.